The number of piperidine rings is 1. The number of benzene rings is 1. The van der Waals surface area contributed by atoms with Gasteiger partial charge in [-0.05, 0) is 38.8 Å². The molecule has 0 aromatic heterocycles. The van der Waals surface area contributed by atoms with Crippen molar-refractivity contribution in [2.75, 3.05) is 10.9 Å². The van der Waals surface area contributed by atoms with Crippen molar-refractivity contribution in [2.24, 2.45) is 5.84 Å². The van der Waals surface area contributed by atoms with Gasteiger partial charge in [-0.3, -0.25) is 16.0 Å². The second-order valence-corrected chi connectivity index (χ2v) is 5.25. The summed E-state index contributed by atoms with van der Waals surface area (Å²) < 4.78 is 0. The molecule has 1 aliphatic heterocycles. The van der Waals surface area contributed by atoms with Gasteiger partial charge in [-0.15, -0.1) is 0 Å². The smallest absolute Gasteiger partial charge is 0.317 e. The van der Waals surface area contributed by atoms with Gasteiger partial charge in [0.15, 0.2) is 0 Å². The number of hydrogen-bond acceptors (Lipinski definition) is 6. The lowest BCUT2D eigenvalue weighted by molar-refractivity contribution is -0.383. The topological polar surface area (TPSA) is 96.5 Å². The maximum atomic E-state index is 11.3. The number of hydrogen-bond donors (Lipinski definition) is 3. The van der Waals surface area contributed by atoms with E-state index in [4.69, 9.17) is 5.84 Å². The lowest BCUT2D eigenvalue weighted by Gasteiger charge is -2.39. The Morgan fingerprint density at radius 2 is 1.90 bits per heavy atom. The Labute approximate surface area is 118 Å². The number of nitro groups is 1. The van der Waals surface area contributed by atoms with Gasteiger partial charge < -0.3 is 10.9 Å². The molecule has 110 valence electrons. The Hall–Kier alpha value is -1.86. The van der Waals surface area contributed by atoms with E-state index in [2.05, 4.69) is 29.7 Å². The number of nitro benzene ring substituents is 1. The van der Waals surface area contributed by atoms with E-state index in [1.165, 1.54) is 6.42 Å². The van der Waals surface area contributed by atoms with E-state index >= 15 is 0 Å². The molecule has 0 aliphatic carbocycles. The van der Waals surface area contributed by atoms with Crippen molar-refractivity contribution in [3.05, 3.63) is 28.3 Å². The van der Waals surface area contributed by atoms with E-state index < -0.39 is 4.92 Å². The van der Waals surface area contributed by atoms with Crippen molar-refractivity contribution in [3.8, 4) is 0 Å². The molecular formula is C13H21N5O2. The van der Waals surface area contributed by atoms with Gasteiger partial charge in [0.1, 0.15) is 11.4 Å². The van der Waals surface area contributed by atoms with Gasteiger partial charge in [0.2, 0.25) is 0 Å². The van der Waals surface area contributed by atoms with Gasteiger partial charge in [-0.2, -0.15) is 0 Å². The molecule has 1 fully saturated rings. The number of rotatable bonds is 4. The van der Waals surface area contributed by atoms with Crippen LogP contribution in [0.25, 0.3) is 0 Å². The second kappa shape index (κ2) is 6.06. The molecule has 0 saturated carbocycles. The third-order valence-corrected chi connectivity index (χ3v) is 3.82. The molecule has 1 saturated heterocycles. The molecule has 0 amide bonds. The quantitative estimate of drug-likeness (QED) is 0.445. The zero-order valence-electron chi connectivity index (χ0n) is 11.8. The zero-order valence-corrected chi connectivity index (χ0v) is 11.8. The molecule has 0 bridgehead atoms. The molecule has 1 aromatic carbocycles. The van der Waals surface area contributed by atoms with Gasteiger partial charge in [0.05, 0.1) is 4.92 Å². The molecule has 7 heteroatoms. The van der Waals surface area contributed by atoms with Gasteiger partial charge in [0.25, 0.3) is 0 Å². The van der Waals surface area contributed by atoms with Crippen molar-refractivity contribution in [2.45, 2.75) is 45.2 Å². The molecule has 2 atom stereocenters. The minimum Gasteiger partial charge on any atom is -0.318 e. The van der Waals surface area contributed by atoms with Crippen LogP contribution in [-0.4, -0.2) is 22.0 Å². The van der Waals surface area contributed by atoms with Gasteiger partial charge >= 0.3 is 5.69 Å². The predicted octanol–water partition coefficient (Wildman–Crippen LogP) is 2.47. The van der Waals surface area contributed by atoms with Crippen molar-refractivity contribution < 1.29 is 4.92 Å². The standard InChI is InChI=1S/C13H21N5O2/c1-9-5-3-6-10(2)17(9)16-12-8-4-7-11(15-14)13(12)18(19)20/h4,7-10,15-16H,3,5-6,14H2,1-2H3. The van der Waals surface area contributed by atoms with E-state index in [0.29, 0.717) is 23.5 Å². The number of hydrazine groups is 2. The number of nitrogens with one attached hydrogen (secondary N) is 2. The average molecular weight is 279 g/mol. The van der Waals surface area contributed by atoms with Crippen LogP contribution in [0.15, 0.2) is 18.2 Å². The largest absolute Gasteiger partial charge is 0.318 e. The predicted molar refractivity (Wildman–Crippen MR) is 79.1 cm³/mol. The van der Waals surface area contributed by atoms with Crippen LogP contribution >= 0.6 is 0 Å². The first-order chi connectivity index (χ1) is 9.54. The summed E-state index contributed by atoms with van der Waals surface area (Å²) in [6, 6.07) is 5.71. The van der Waals surface area contributed by atoms with E-state index in [-0.39, 0.29) is 5.69 Å². The van der Waals surface area contributed by atoms with Crippen molar-refractivity contribution in [1.29, 1.82) is 0 Å². The summed E-state index contributed by atoms with van der Waals surface area (Å²) in [6.07, 6.45) is 3.35. The summed E-state index contributed by atoms with van der Waals surface area (Å²) >= 11 is 0. The maximum absolute atomic E-state index is 11.3. The molecule has 7 nitrogen and oxygen atoms in total. The van der Waals surface area contributed by atoms with Crippen molar-refractivity contribution >= 4 is 17.1 Å². The van der Waals surface area contributed by atoms with Crippen LogP contribution in [0.4, 0.5) is 17.1 Å². The van der Waals surface area contributed by atoms with Crippen LogP contribution in [0.5, 0.6) is 0 Å². The Bertz CT molecular complexity index is 484. The Morgan fingerprint density at radius 3 is 2.45 bits per heavy atom. The molecule has 4 N–H and O–H groups in total. The highest BCUT2D eigenvalue weighted by molar-refractivity contribution is 5.75. The highest BCUT2D eigenvalue weighted by atomic mass is 16.6. The summed E-state index contributed by atoms with van der Waals surface area (Å²) in [5.41, 5.74) is 6.32. The lowest BCUT2D eigenvalue weighted by Crippen LogP contribution is -2.47. The highest BCUT2D eigenvalue weighted by Gasteiger charge is 2.27. The summed E-state index contributed by atoms with van der Waals surface area (Å²) in [5.74, 6) is 5.35. The lowest BCUT2D eigenvalue weighted by atomic mass is 10.00. The molecule has 20 heavy (non-hydrogen) atoms. The summed E-state index contributed by atoms with van der Waals surface area (Å²) in [5, 5.41) is 13.3. The molecule has 1 heterocycles. The van der Waals surface area contributed by atoms with E-state index in [9.17, 15) is 10.1 Å². The van der Waals surface area contributed by atoms with Crippen molar-refractivity contribution in [1.82, 2.24) is 5.01 Å². The Morgan fingerprint density at radius 1 is 1.30 bits per heavy atom. The van der Waals surface area contributed by atoms with Crippen LogP contribution in [-0.2, 0) is 0 Å². The van der Waals surface area contributed by atoms with E-state index in [1.54, 1.807) is 18.2 Å². The fourth-order valence-electron chi connectivity index (χ4n) is 2.73. The van der Waals surface area contributed by atoms with Gasteiger partial charge in [0, 0.05) is 12.1 Å². The number of para-hydroxylation sites is 1. The van der Waals surface area contributed by atoms with Crippen LogP contribution in [0.2, 0.25) is 0 Å². The van der Waals surface area contributed by atoms with Gasteiger partial charge in [-0.25, -0.2) is 5.01 Å². The molecule has 0 spiro atoms. The number of anilines is 2. The van der Waals surface area contributed by atoms with E-state index in [1.807, 2.05) is 0 Å². The average Bonchev–Trinajstić information content (AvgIpc) is 2.42. The molecule has 2 rings (SSSR count). The molecule has 2 unspecified atom stereocenters. The third-order valence-electron chi connectivity index (χ3n) is 3.82. The number of nitrogen functional groups attached to an aromatic ring is 1. The molecule has 1 aliphatic rings. The Kier molecular flexibility index (Phi) is 4.41. The summed E-state index contributed by atoms with van der Waals surface area (Å²) in [7, 11) is 0. The molecular weight excluding hydrogens is 258 g/mol. The van der Waals surface area contributed by atoms with Crippen molar-refractivity contribution in [3.63, 3.8) is 0 Å². The number of nitrogens with zero attached hydrogens (tertiary/aromatic N) is 2. The minimum atomic E-state index is -0.420. The van der Waals surface area contributed by atoms with E-state index in [0.717, 1.165) is 12.8 Å². The first-order valence-corrected chi connectivity index (χ1v) is 6.83. The number of nitrogens with two attached hydrogens (primary N) is 1. The van der Waals surface area contributed by atoms with Crippen LogP contribution in [0, 0.1) is 10.1 Å². The molecule has 0 radical (unpaired) electrons. The first kappa shape index (κ1) is 14.5. The normalized spacial score (nSPS) is 23.4. The monoisotopic (exact) mass is 279 g/mol. The Balaban J connectivity index is 2.30. The SMILES string of the molecule is CC1CCCC(C)N1Nc1cccc(NN)c1[N+](=O)[O-]. The van der Waals surface area contributed by atoms with Crippen LogP contribution in [0.3, 0.4) is 0 Å². The third kappa shape index (κ3) is 2.83. The van der Waals surface area contributed by atoms with Gasteiger partial charge in [-0.1, -0.05) is 12.5 Å². The minimum absolute atomic E-state index is 0.0278. The summed E-state index contributed by atoms with van der Waals surface area (Å²) in [4.78, 5) is 10.8. The fourth-order valence-corrected chi connectivity index (χ4v) is 2.73. The first-order valence-electron chi connectivity index (χ1n) is 6.83. The summed E-state index contributed by atoms with van der Waals surface area (Å²) in [6.45, 7) is 4.25. The van der Waals surface area contributed by atoms with Crippen LogP contribution < -0.4 is 16.7 Å². The molecule has 1 aromatic rings. The maximum Gasteiger partial charge on any atom is 0.317 e. The zero-order chi connectivity index (χ0) is 14.7. The van der Waals surface area contributed by atoms with Crippen LogP contribution in [0.1, 0.15) is 33.1 Å². The second-order valence-electron chi connectivity index (χ2n) is 5.25. The fraction of sp³-hybridized carbons (Fsp3) is 0.538. The highest BCUT2D eigenvalue weighted by Crippen LogP contribution is 2.34.